The van der Waals surface area contributed by atoms with Gasteiger partial charge in [-0.15, -0.1) is 0 Å². The van der Waals surface area contributed by atoms with Gasteiger partial charge in [0.2, 0.25) is 0 Å². The van der Waals surface area contributed by atoms with Crippen LogP contribution in [0.15, 0.2) is 48.5 Å². The molecule has 0 aliphatic carbocycles. The second-order valence-electron chi connectivity index (χ2n) is 8.00. The molecule has 1 amide bonds. The minimum absolute atomic E-state index is 0.000267. The van der Waals surface area contributed by atoms with Crippen molar-refractivity contribution < 1.29 is 14.0 Å². The lowest BCUT2D eigenvalue weighted by Gasteiger charge is -2.34. The van der Waals surface area contributed by atoms with Gasteiger partial charge in [0.15, 0.2) is 5.78 Å². The van der Waals surface area contributed by atoms with Crippen LogP contribution in [0.1, 0.15) is 46.0 Å². The molecule has 2 aromatic carbocycles. The van der Waals surface area contributed by atoms with Crippen LogP contribution < -0.4 is 0 Å². The van der Waals surface area contributed by atoms with Crippen LogP contribution in [0.3, 0.4) is 0 Å². The molecule has 1 aliphatic rings. The molecule has 1 unspecified atom stereocenters. The zero-order valence-corrected chi connectivity index (χ0v) is 17.2. The Labute approximate surface area is 172 Å². The lowest BCUT2D eigenvalue weighted by atomic mass is 9.96. The SMILES string of the molecule is CC(=O)c1ccc(C(=O)N(C)CC2CCCN(CCc3ccc(F)cc3)C2)cc1. The van der Waals surface area contributed by atoms with Gasteiger partial charge in [-0.2, -0.15) is 0 Å². The van der Waals surface area contributed by atoms with Crippen LogP contribution in [0, 0.1) is 11.7 Å². The molecule has 154 valence electrons. The van der Waals surface area contributed by atoms with E-state index in [0.717, 1.165) is 51.0 Å². The quantitative estimate of drug-likeness (QED) is 0.663. The number of rotatable bonds is 7. The summed E-state index contributed by atoms with van der Waals surface area (Å²) in [5.74, 6) is 0.238. The third-order valence-electron chi connectivity index (χ3n) is 5.65. The van der Waals surface area contributed by atoms with E-state index >= 15 is 0 Å². The van der Waals surface area contributed by atoms with Crippen molar-refractivity contribution in [3.63, 3.8) is 0 Å². The number of hydrogen-bond acceptors (Lipinski definition) is 3. The Hall–Kier alpha value is -2.53. The van der Waals surface area contributed by atoms with Crippen molar-refractivity contribution in [3.8, 4) is 0 Å². The maximum atomic E-state index is 13.0. The standard InChI is InChI=1S/C24H29FN2O2/c1-18(28)21-7-9-22(10-8-21)24(29)26(2)16-20-4-3-14-27(17-20)15-13-19-5-11-23(25)12-6-19/h5-12,20H,3-4,13-17H2,1-2H3. The molecule has 1 atom stereocenters. The number of ketones is 1. The Morgan fingerprint density at radius 3 is 2.38 bits per heavy atom. The van der Waals surface area contributed by atoms with Crippen LogP contribution in [0.4, 0.5) is 4.39 Å². The molecule has 5 heteroatoms. The van der Waals surface area contributed by atoms with E-state index in [4.69, 9.17) is 0 Å². The summed E-state index contributed by atoms with van der Waals surface area (Å²) in [7, 11) is 1.85. The molecule has 0 radical (unpaired) electrons. The number of carbonyl (C=O) groups excluding carboxylic acids is 2. The van der Waals surface area contributed by atoms with Crippen molar-refractivity contribution in [2.24, 2.45) is 5.92 Å². The van der Waals surface area contributed by atoms with Gasteiger partial charge < -0.3 is 9.80 Å². The van der Waals surface area contributed by atoms with Gasteiger partial charge in [-0.1, -0.05) is 24.3 Å². The first-order valence-electron chi connectivity index (χ1n) is 10.3. The number of likely N-dealkylation sites (tertiary alicyclic amines) is 1. The number of carbonyl (C=O) groups is 2. The molecule has 29 heavy (non-hydrogen) atoms. The molecule has 0 aromatic heterocycles. The minimum atomic E-state index is -0.199. The molecule has 0 bridgehead atoms. The topological polar surface area (TPSA) is 40.6 Å². The molecular formula is C24H29FN2O2. The zero-order valence-electron chi connectivity index (χ0n) is 17.2. The predicted octanol–water partition coefficient (Wildman–Crippen LogP) is 4.06. The molecule has 2 aromatic rings. The largest absolute Gasteiger partial charge is 0.341 e. The van der Waals surface area contributed by atoms with Crippen LogP contribution >= 0.6 is 0 Å². The fourth-order valence-electron chi connectivity index (χ4n) is 3.98. The van der Waals surface area contributed by atoms with E-state index in [0.29, 0.717) is 17.0 Å². The van der Waals surface area contributed by atoms with Crippen LogP contribution in [0.25, 0.3) is 0 Å². The van der Waals surface area contributed by atoms with E-state index in [1.54, 1.807) is 29.2 Å². The van der Waals surface area contributed by atoms with E-state index in [9.17, 15) is 14.0 Å². The average Bonchev–Trinajstić information content (AvgIpc) is 2.73. The first-order chi connectivity index (χ1) is 13.9. The number of benzene rings is 2. The molecule has 1 saturated heterocycles. The molecule has 3 rings (SSSR count). The number of hydrogen-bond donors (Lipinski definition) is 0. The summed E-state index contributed by atoms with van der Waals surface area (Å²) in [5, 5.41) is 0. The van der Waals surface area contributed by atoms with E-state index in [2.05, 4.69) is 4.90 Å². The highest BCUT2D eigenvalue weighted by atomic mass is 19.1. The van der Waals surface area contributed by atoms with Crippen molar-refractivity contribution in [3.05, 3.63) is 71.0 Å². The highest BCUT2D eigenvalue weighted by Crippen LogP contribution is 2.19. The van der Waals surface area contributed by atoms with Gasteiger partial charge in [0, 0.05) is 37.8 Å². The van der Waals surface area contributed by atoms with Crippen molar-refractivity contribution in [2.75, 3.05) is 33.2 Å². The summed E-state index contributed by atoms with van der Waals surface area (Å²) in [6, 6.07) is 13.6. The minimum Gasteiger partial charge on any atom is -0.341 e. The Balaban J connectivity index is 1.50. The van der Waals surface area contributed by atoms with E-state index in [-0.39, 0.29) is 17.5 Å². The van der Waals surface area contributed by atoms with Crippen molar-refractivity contribution in [1.82, 2.24) is 9.80 Å². The van der Waals surface area contributed by atoms with Crippen LogP contribution in [0.5, 0.6) is 0 Å². The third kappa shape index (κ3) is 5.97. The number of Topliss-reactive ketones (excluding diaryl/α,β-unsaturated/α-hetero) is 1. The summed E-state index contributed by atoms with van der Waals surface area (Å²) in [6.07, 6.45) is 3.15. The Morgan fingerprint density at radius 2 is 1.72 bits per heavy atom. The molecule has 4 nitrogen and oxygen atoms in total. The second-order valence-corrected chi connectivity index (χ2v) is 8.00. The molecule has 0 N–H and O–H groups in total. The molecule has 1 heterocycles. The number of nitrogens with zero attached hydrogens (tertiary/aromatic N) is 2. The van der Waals surface area contributed by atoms with Crippen LogP contribution in [0.2, 0.25) is 0 Å². The van der Waals surface area contributed by atoms with E-state index in [1.165, 1.54) is 19.1 Å². The molecule has 1 fully saturated rings. The van der Waals surface area contributed by atoms with Crippen molar-refractivity contribution in [2.45, 2.75) is 26.2 Å². The smallest absolute Gasteiger partial charge is 0.253 e. The average molecular weight is 397 g/mol. The van der Waals surface area contributed by atoms with E-state index in [1.807, 2.05) is 19.2 Å². The lowest BCUT2D eigenvalue weighted by Crippen LogP contribution is -2.42. The Kier molecular flexibility index (Phi) is 7.15. The highest BCUT2D eigenvalue weighted by Gasteiger charge is 2.23. The van der Waals surface area contributed by atoms with Gasteiger partial charge in [-0.05, 0) is 68.5 Å². The van der Waals surface area contributed by atoms with Gasteiger partial charge in [0.25, 0.3) is 5.91 Å². The Morgan fingerprint density at radius 1 is 1.07 bits per heavy atom. The van der Waals surface area contributed by atoms with Crippen molar-refractivity contribution in [1.29, 1.82) is 0 Å². The molecular weight excluding hydrogens is 367 g/mol. The fraction of sp³-hybridized carbons (Fsp3) is 0.417. The maximum Gasteiger partial charge on any atom is 0.253 e. The first-order valence-corrected chi connectivity index (χ1v) is 10.3. The fourth-order valence-corrected chi connectivity index (χ4v) is 3.98. The van der Waals surface area contributed by atoms with E-state index < -0.39 is 0 Å². The zero-order chi connectivity index (χ0) is 20.8. The summed E-state index contributed by atoms with van der Waals surface area (Å²) in [6.45, 7) is 5.24. The number of halogens is 1. The predicted molar refractivity (Wildman–Crippen MR) is 113 cm³/mol. The molecule has 0 saturated carbocycles. The van der Waals surface area contributed by atoms with Crippen LogP contribution in [-0.2, 0) is 6.42 Å². The third-order valence-corrected chi connectivity index (χ3v) is 5.65. The van der Waals surface area contributed by atoms with Gasteiger partial charge in [0.1, 0.15) is 5.82 Å². The van der Waals surface area contributed by atoms with Crippen LogP contribution in [-0.4, -0.2) is 54.7 Å². The normalized spacial score (nSPS) is 17.1. The van der Waals surface area contributed by atoms with Crippen molar-refractivity contribution >= 4 is 11.7 Å². The second kappa shape index (κ2) is 9.79. The summed E-state index contributed by atoms with van der Waals surface area (Å²) in [4.78, 5) is 28.3. The van der Waals surface area contributed by atoms with Gasteiger partial charge in [0.05, 0.1) is 0 Å². The first kappa shape index (κ1) is 21.2. The monoisotopic (exact) mass is 396 g/mol. The molecule has 0 spiro atoms. The Bertz CT molecular complexity index is 833. The highest BCUT2D eigenvalue weighted by molar-refractivity contribution is 5.97. The van der Waals surface area contributed by atoms with Gasteiger partial charge >= 0.3 is 0 Å². The molecule has 1 aliphatic heterocycles. The number of amides is 1. The number of piperidine rings is 1. The van der Waals surface area contributed by atoms with Gasteiger partial charge in [-0.25, -0.2) is 4.39 Å². The summed E-state index contributed by atoms with van der Waals surface area (Å²) >= 11 is 0. The lowest BCUT2D eigenvalue weighted by molar-refractivity contribution is 0.0730. The summed E-state index contributed by atoms with van der Waals surface area (Å²) in [5.41, 5.74) is 2.38. The maximum absolute atomic E-state index is 13.0. The van der Waals surface area contributed by atoms with Gasteiger partial charge in [-0.3, -0.25) is 9.59 Å². The summed E-state index contributed by atoms with van der Waals surface area (Å²) < 4.78 is 13.0.